The van der Waals surface area contributed by atoms with E-state index in [0.717, 1.165) is 28.2 Å². The zero-order chi connectivity index (χ0) is 44.4. The molecule has 2 heterocycles. The van der Waals surface area contributed by atoms with Crippen molar-refractivity contribution in [2.75, 3.05) is 4.90 Å². The molecule has 2 nitrogen and oxygen atoms in total. The third kappa shape index (κ3) is 4.81. The predicted molar refractivity (Wildman–Crippen MR) is 279 cm³/mol. The number of anilines is 3. The van der Waals surface area contributed by atoms with Gasteiger partial charge < -0.3 is 9.32 Å². The molecule has 0 atom stereocenters. The smallest absolute Gasteiger partial charge is 0.144 e. The molecule has 0 aliphatic heterocycles. The lowest BCUT2D eigenvalue weighted by Crippen LogP contribution is -2.24. The topological polar surface area (TPSA) is 16.4 Å². The summed E-state index contributed by atoms with van der Waals surface area (Å²) in [4.78, 5) is 2.48. The average Bonchev–Trinajstić information content (AvgIpc) is 4.09. The number of thiophene rings is 1. The molecule has 0 N–H and O–H groups in total. The molecule has 0 radical (unpaired) electrons. The quantitative estimate of drug-likeness (QED) is 0.175. The highest BCUT2D eigenvalue weighted by Crippen LogP contribution is 2.64. The van der Waals surface area contributed by atoms with Crippen LogP contribution in [0, 0.1) is 0 Å². The van der Waals surface area contributed by atoms with Gasteiger partial charge in [0.25, 0.3) is 0 Å². The van der Waals surface area contributed by atoms with Gasteiger partial charge in [0.1, 0.15) is 11.2 Å². The van der Waals surface area contributed by atoms with Crippen molar-refractivity contribution in [2.24, 2.45) is 0 Å². The zero-order valence-electron chi connectivity index (χ0n) is 38.0. The standard InChI is InChI=1S/C63H47NOS/c1-61(2)47-33-38(29-31-41(47)52-49(61)35-45(36-19-9-7-10-20-36)60-55(52)44-25-15-18-28-51(44)66-60)64(37-21-11-8-12-22-37)39-30-32-42-48(34-39)63(5,6)57-53(42)54-43-24-14-17-27-50(43)65-59(54)56-40-23-13-16-26-46(40)62(3,4)58(56)57/h7-35H,1-6H3. The largest absolute Gasteiger partial charge is 0.455 e. The summed E-state index contributed by atoms with van der Waals surface area (Å²) < 4.78 is 9.66. The van der Waals surface area contributed by atoms with Crippen molar-refractivity contribution in [1.82, 2.24) is 0 Å². The van der Waals surface area contributed by atoms with E-state index in [1.807, 2.05) is 11.3 Å². The lowest BCUT2D eigenvalue weighted by atomic mass is 9.72. The summed E-state index contributed by atoms with van der Waals surface area (Å²) in [6.07, 6.45) is 0. The fourth-order valence-electron chi connectivity index (χ4n) is 12.7. The maximum atomic E-state index is 6.97. The molecule has 66 heavy (non-hydrogen) atoms. The minimum atomic E-state index is -0.300. The molecule has 11 aromatic rings. The number of hydrogen-bond acceptors (Lipinski definition) is 3. The maximum absolute atomic E-state index is 6.97. The van der Waals surface area contributed by atoms with Crippen LogP contribution in [0.25, 0.3) is 86.6 Å². The van der Waals surface area contributed by atoms with E-state index < -0.39 is 0 Å². The van der Waals surface area contributed by atoms with Gasteiger partial charge in [0, 0.05) is 69.8 Å². The van der Waals surface area contributed by atoms with Gasteiger partial charge in [-0.15, -0.1) is 11.3 Å². The van der Waals surface area contributed by atoms with Crippen molar-refractivity contribution < 1.29 is 4.42 Å². The molecule has 0 saturated heterocycles. The summed E-state index contributed by atoms with van der Waals surface area (Å²) in [5, 5.41) is 5.13. The first-order valence-electron chi connectivity index (χ1n) is 23.3. The number of benzene rings is 9. The van der Waals surface area contributed by atoms with Crippen molar-refractivity contribution >= 4 is 70.5 Å². The molecule has 3 aliphatic rings. The van der Waals surface area contributed by atoms with E-state index >= 15 is 0 Å². The Morgan fingerprint density at radius 3 is 1.74 bits per heavy atom. The van der Waals surface area contributed by atoms with Crippen molar-refractivity contribution in [1.29, 1.82) is 0 Å². The van der Waals surface area contributed by atoms with Gasteiger partial charge in [-0.2, -0.15) is 0 Å². The van der Waals surface area contributed by atoms with Gasteiger partial charge in [0.2, 0.25) is 0 Å². The fourth-order valence-corrected chi connectivity index (χ4v) is 14.0. The molecule has 0 spiro atoms. The van der Waals surface area contributed by atoms with Gasteiger partial charge in [-0.05, 0) is 127 Å². The molecule has 2 aromatic heterocycles. The molecule has 0 unspecified atom stereocenters. The van der Waals surface area contributed by atoms with E-state index in [0.29, 0.717) is 0 Å². The highest BCUT2D eigenvalue weighted by molar-refractivity contribution is 7.26. The Balaban J connectivity index is 0.984. The fraction of sp³-hybridized carbons (Fsp3) is 0.143. The Morgan fingerprint density at radius 1 is 0.409 bits per heavy atom. The number of rotatable bonds is 4. The van der Waals surface area contributed by atoms with Gasteiger partial charge in [0.15, 0.2) is 0 Å². The maximum Gasteiger partial charge on any atom is 0.144 e. The normalized spacial score (nSPS) is 15.5. The summed E-state index contributed by atoms with van der Waals surface area (Å²) in [7, 11) is 0. The first-order chi connectivity index (χ1) is 32.0. The monoisotopic (exact) mass is 865 g/mol. The Kier molecular flexibility index (Phi) is 7.50. The molecule has 0 saturated carbocycles. The van der Waals surface area contributed by atoms with E-state index in [1.165, 1.54) is 109 Å². The molecule has 3 heteroatoms. The first-order valence-corrected chi connectivity index (χ1v) is 24.2. The number of nitrogens with zero attached hydrogens (tertiary/aromatic N) is 1. The second kappa shape index (κ2) is 13.0. The third-order valence-corrected chi connectivity index (χ3v) is 17.0. The summed E-state index contributed by atoms with van der Waals surface area (Å²) in [5.41, 5.74) is 23.4. The minimum absolute atomic E-state index is 0.209. The van der Waals surface area contributed by atoms with Crippen LogP contribution >= 0.6 is 11.3 Å². The van der Waals surface area contributed by atoms with E-state index in [-0.39, 0.29) is 16.2 Å². The Bertz CT molecular complexity index is 3900. The first kappa shape index (κ1) is 38.1. The van der Waals surface area contributed by atoms with Gasteiger partial charge in [-0.1, -0.05) is 163 Å². The van der Waals surface area contributed by atoms with Crippen LogP contribution in [0.4, 0.5) is 17.1 Å². The summed E-state index contributed by atoms with van der Waals surface area (Å²) in [6, 6.07) is 65.6. The van der Waals surface area contributed by atoms with E-state index in [1.54, 1.807) is 0 Å². The van der Waals surface area contributed by atoms with Gasteiger partial charge >= 0.3 is 0 Å². The molecular formula is C63H47NOS. The van der Waals surface area contributed by atoms with E-state index in [9.17, 15) is 0 Å². The molecule has 14 rings (SSSR count). The highest BCUT2D eigenvalue weighted by Gasteiger charge is 2.49. The van der Waals surface area contributed by atoms with E-state index in [4.69, 9.17) is 4.42 Å². The Hall–Kier alpha value is -7.20. The molecule has 3 aliphatic carbocycles. The summed E-state index contributed by atoms with van der Waals surface area (Å²) in [5.74, 6) is 0. The van der Waals surface area contributed by atoms with Crippen LogP contribution in [0.2, 0.25) is 0 Å². The lowest BCUT2D eigenvalue weighted by Gasteiger charge is -2.32. The van der Waals surface area contributed by atoms with Gasteiger partial charge in [0.05, 0.1) is 0 Å². The van der Waals surface area contributed by atoms with Gasteiger partial charge in [-0.25, -0.2) is 0 Å². The molecule has 9 aromatic carbocycles. The second-order valence-corrected chi connectivity index (χ2v) is 21.4. The van der Waals surface area contributed by atoms with Crippen molar-refractivity contribution in [3.8, 4) is 44.5 Å². The predicted octanol–water partition coefficient (Wildman–Crippen LogP) is 18.0. The Morgan fingerprint density at radius 2 is 0.985 bits per heavy atom. The highest BCUT2D eigenvalue weighted by atomic mass is 32.1. The summed E-state index contributed by atoms with van der Waals surface area (Å²) >= 11 is 1.92. The number of furan rings is 1. The summed E-state index contributed by atoms with van der Waals surface area (Å²) in [6.45, 7) is 14.6. The third-order valence-electron chi connectivity index (χ3n) is 15.8. The Labute approximate surface area is 389 Å². The van der Waals surface area contributed by atoms with Crippen LogP contribution in [0.5, 0.6) is 0 Å². The number of hydrogen-bond donors (Lipinski definition) is 0. The molecule has 0 fully saturated rings. The van der Waals surface area contributed by atoms with Crippen LogP contribution in [0.1, 0.15) is 74.9 Å². The van der Waals surface area contributed by atoms with Crippen molar-refractivity contribution in [3.05, 3.63) is 209 Å². The van der Waals surface area contributed by atoms with Gasteiger partial charge in [-0.3, -0.25) is 0 Å². The average molecular weight is 866 g/mol. The zero-order valence-corrected chi connectivity index (χ0v) is 38.8. The van der Waals surface area contributed by atoms with Crippen molar-refractivity contribution in [3.63, 3.8) is 0 Å². The molecule has 316 valence electrons. The van der Waals surface area contributed by atoms with Crippen LogP contribution in [0.15, 0.2) is 180 Å². The molecule has 0 bridgehead atoms. The minimum Gasteiger partial charge on any atom is -0.455 e. The van der Waals surface area contributed by atoms with Crippen LogP contribution in [0.3, 0.4) is 0 Å². The molecular weight excluding hydrogens is 819 g/mol. The second-order valence-electron chi connectivity index (χ2n) is 20.4. The van der Waals surface area contributed by atoms with E-state index in [2.05, 4.69) is 222 Å². The lowest BCUT2D eigenvalue weighted by molar-refractivity contribution is 0.600. The van der Waals surface area contributed by atoms with Crippen LogP contribution in [-0.4, -0.2) is 0 Å². The number of para-hydroxylation sites is 2. The molecule has 0 amide bonds. The van der Waals surface area contributed by atoms with Crippen LogP contribution < -0.4 is 4.90 Å². The number of fused-ring (bicyclic) bond motifs is 19. The van der Waals surface area contributed by atoms with Crippen LogP contribution in [-0.2, 0) is 16.2 Å². The van der Waals surface area contributed by atoms with Crippen molar-refractivity contribution in [2.45, 2.75) is 57.8 Å². The SMILES string of the molecule is CC1(C)c2cc(N(c3ccccc3)c3ccc4c(c3)C(C)(C)c3c5c(c6oc7ccccc7c6c3-4)-c3ccccc3C5(C)C)ccc2-c2c1cc(-c1ccccc1)c1sc3ccccc3c21.